The Kier molecular flexibility index (Phi) is 3.96. The minimum absolute atomic E-state index is 0.130. The van der Waals surface area contributed by atoms with Crippen molar-refractivity contribution in [1.82, 2.24) is 0 Å². The summed E-state index contributed by atoms with van der Waals surface area (Å²) in [5, 5.41) is 10.7. The lowest BCUT2D eigenvalue weighted by molar-refractivity contribution is -0.385. The zero-order chi connectivity index (χ0) is 11.4. The van der Waals surface area contributed by atoms with Crippen LogP contribution in [-0.4, -0.2) is 17.3 Å². The van der Waals surface area contributed by atoms with E-state index in [4.69, 9.17) is 4.74 Å². The lowest BCUT2D eigenvalue weighted by Gasteiger charge is -2.08. The molecule has 0 aliphatic rings. The quantitative estimate of drug-likeness (QED) is 0.488. The van der Waals surface area contributed by atoms with Crippen LogP contribution < -0.4 is 4.74 Å². The summed E-state index contributed by atoms with van der Waals surface area (Å²) in [4.78, 5) is 10.3. The molecule has 1 aromatic carbocycles. The minimum Gasteiger partial charge on any atom is -0.492 e. The largest absolute Gasteiger partial charge is 0.492 e. The molecule has 0 atom stereocenters. The van der Waals surface area contributed by atoms with E-state index in [0.717, 1.165) is 5.56 Å². The Morgan fingerprint density at radius 1 is 1.40 bits per heavy atom. The van der Waals surface area contributed by atoms with Crippen LogP contribution in [0.3, 0.4) is 0 Å². The van der Waals surface area contributed by atoms with Gasteiger partial charge in [-0.2, -0.15) is 12.6 Å². The molecule has 0 aliphatic carbocycles. The highest BCUT2D eigenvalue weighted by molar-refractivity contribution is 7.80. The van der Waals surface area contributed by atoms with Crippen LogP contribution in [0.1, 0.15) is 11.1 Å². The molecule has 0 amide bonds. The van der Waals surface area contributed by atoms with Crippen LogP contribution in [-0.2, 0) is 0 Å². The molecule has 4 nitrogen and oxygen atoms in total. The Bertz CT molecular complexity index is 379. The number of aryl methyl sites for hydroxylation is 2. The summed E-state index contributed by atoms with van der Waals surface area (Å²) in [7, 11) is 0. The zero-order valence-electron chi connectivity index (χ0n) is 8.69. The summed E-state index contributed by atoms with van der Waals surface area (Å²) >= 11 is 4.03. The Hall–Kier alpha value is -1.23. The summed E-state index contributed by atoms with van der Waals surface area (Å²) < 4.78 is 5.40. The van der Waals surface area contributed by atoms with Gasteiger partial charge in [-0.25, -0.2) is 0 Å². The highest BCUT2D eigenvalue weighted by atomic mass is 32.1. The normalized spacial score (nSPS) is 10.1. The Labute approximate surface area is 93.8 Å². The molecule has 0 aromatic heterocycles. The van der Waals surface area contributed by atoms with Gasteiger partial charge in [0, 0.05) is 17.4 Å². The maximum atomic E-state index is 10.7. The minimum atomic E-state index is -0.384. The number of hydrogen-bond acceptors (Lipinski definition) is 4. The molecule has 0 aliphatic heterocycles. The van der Waals surface area contributed by atoms with E-state index in [2.05, 4.69) is 12.6 Å². The van der Waals surface area contributed by atoms with E-state index in [1.165, 1.54) is 6.07 Å². The molecule has 0 bridgehead atoms. The van der Waals surface area contributed by atoms with Crippen LogP contribution in [0.15, 0.2) is 12.1 Å². The molecule has 0 fully saturated rings. The zero-order valence-corrected chi connectivity index (χ0v) is 9.58. The smallest absolute Gasteiger partial charge is 0.272 e. The third-order valence-corrected chi connectivity index (χ3v) is 2.22. The average Bonchev–Trinajstić information content (AvgIpc) is 2.18. The van der Waals surface area contributed by atoms with E-state index in [1.807, 2.05) is 0 Å². The molecule has 1 rings (SSSR count). The fourth-order valence-corrected chi connectivity index (χ4v) is 1.37. The Morgan fingerprint density at radius 3 is 2.60 bits per heavy atom. The summed E-state index contributed by atoms with van der Waals surface area (Å²) in [5.41, 5.74) is 1.51. The van der Waals surface area contributed by atoms with Gasteiger partial charge in [-0.05, 0) is 25.5 Å². The van der Waals surface area contributed by atoms with Gasteiger partial charge >= 0.3 is 0 Å². The van der Waals surface area contributed by atoms with Gasteiger partial charge in [0.1, 0.15) is 5.75 Å². The lowest BCUT2D eigenvalue weighted by Crippen LogP contribution is -2.01. The molecule has 0 unspecified atom stereocenters. The fourth-order valence-electron chi connectivity index (χ4n) is 1.28. The molecule has 0 saturated heterocycles. The third-order valence-electron chi connectivity index (χ3n) is 2.04. The summed E-state index contributed by atoms with van der Waals surface area (Å²) in [6.45, 7) is 3.99. The predicted molar refractivity (Wildman–Crippen MR) is 61.9 cm³/mol. The first-order valence-electron chi connectivity index (χ1n) is 4.55. The number of hydrogen-bond donors (Lipinski definition) is 1. The van der Waals surface area contributed by atoms with E-state index in [-0.39, 0.29) is 10.6 Å². The van der Waals surface area contributed by atoms with E-state index >= 15 is 0 Å². The van der Waals surface area contributed by atoms with Gasteiger partial charge in [0.25, 0.3) is 5.69 Å². The highest BCUT2D eigenvalue weighted by Crippen LogP contribution is 2.27. The first-order valence-corrected chi connectivity index (χ1v) is 5.18. The Balaban J connectivity index is 3.02. The standard InChI is InChI=1S/C10H13NO3S/c1-7-6-10(14-3-4-15)8(2)5-9(7)11(12)13/h5-6,15H,3-4H2,1-2H3. The lowest BCUT2D eigenvalue weighted by atomic mass is 10.1. The van der Waals surface area contributed by atoms with Crippen molar-refractivity contribution in [2.45, 2.75) is 13.8 Å². The second-order valence-corrected chi connectivity index (χ2v) is 3.68. The van der Waals surface area contributed by atoms with E-state index in [1.54, 1.807) is 19.9 Å². The molecule has 1 aromatic rings. The van der Waals surface area contributed by atoms with E-state index in [9.17, 15) is 10.1 Å². The molecular weight excluding hydrogens is 214 g/mol. The fraction of sp³-hybridized carbons (Fsp3) is 0.400. The number of thiol groups is 1. The Morgan fingerprint density at radius 2 is 2.07 bits per heavy atom. The molecule has 5 heteroatoms. The van der Waals surface area contributed by atoms with Crippen molar-refractivity contribution in [3.63, 3.8) is 0 Å². The van der Waals surface area contributed by atoms with Crippen molar-refractivity contribution in [3.8, 4) is 5.75 Å². The molecule has 0 heterocycles. The highest BCUT2D eigenvalue weighted by Gasteiger charge is 2.13. The SMILES string of the molecule is Cc1cc([N+](=O)[O-])c(C)cc1OCCS. The summed E-state index contributed by atoms with van der Waals surface area (Å²) in [5.74, 6) is 1.31. The molecular formula is C10H13NO3S. The second kappa shape index (κ2) is 5.02. The van der Waals surface area contributed by atoms with Gasteiger partial charge in [0.2, 0.25) is 0 Å². The molecule has 82 valence electrons. The monoisotopic (exact) mass is 227 g/mol. The number of nitro groups is 1. The van der Waals surface area contributed by atoms with Crippen LogP contribution in [0.4, 0.5) is 5.69 Å². The third kappa shape index (κ3) is 2.86. The van der Waals surface area contributed by atoms with Crippen LogP contribution in [0.5, 0.6) is 5.75 Å². The molecule has 0 radical (unpaired) electrons. The van der Waals surface area contributed by atoms with E-state index < -0.39 is 0 Å². The van der Waals surface area contributed by atoms with Gasteiger partial charge in [-0.15, -0.1) is 0 Å². The first kappa shape index (κ1) is 11.8. The number of nitrogens with zero attached hydrogens (tertiary/aromatic N) is 1. The number of benzene rings is 1. The topological polar surface area (TPSA) is 52.4 Å². The average molecular weight is 227 g/mol. The van der Waals surface area contributed by atoms with Crippen LogP contribution >= 0.6 is 12.6 Å². The second-order valence-electron chi connectivity index (χ2n) is 3.23. The van der Waals surface area contributed by atoms with Crippen LogP contribution in [0.25, 0.3) is 0 Å². The van der Waals surface area contributed by atoms with Crippen LogP contribution in [0, 0.1) is 24.0 Å². The van der Waals surface area contributed by atoms with E-state index in [0.29, 0.717) is 23.7 Å². The molecule has 0 saturated carbocycles. The summed E-state index contributed by atoms with van der Waals surface area (Å²) in [6.07, 6.45) is 0. The van der Waals surface area contributed by atoms with Gasteiger partial charge in [-0.1, -0.05) is 0 Å². The first-order chi connectivity index (χ1) is 7.06. The predicted octanol–water partition coefficient (Wildman–Crippen LogP) is 2.52. The number of nitro benzene ring substituents is 1. The van der Waals surface area contributed by atoms with Crippen molar-refractivity contribution >= 4 is 18.3 Å². The number of ether oxygens (including phenoxy) is 1. The molecule has 0 spiro atoms. The summed E-state index contributed by atoms with van der Waals surface area (Å²) in [6, 6.07) is 3.22. The maximum Gasteiger partial charge on any atom is 0.272 e. The van der Waals surface area contributed by atoms with Crippen molar-refractivity contribution in [1.29, 1.82) is 0 Å². The van der Waals surface area contributed by atoms with Crippen molar-refractivity contribution in [3.05, 3.63) is 33.4 Å². The van der Waals surface area contributed by atoms with Crippen molar-refractivity contribution in [2.75, 3.05) is 12.4 Å². The van der Waals surface area contributed by atoms with Gasteiger partial charge in [0.15, 0.2) is 0 Å². The maximum absolute atomic E-state index is 10.7. The van der Waals surface area contributed by atoms with Gasteiger partial charge < -0.3 is 4.74 Å². The van der Waals surface area contributed by atoms with Crippen molar-refractivity contribution in [2.24, 2.45) is 0 Å². The molecule has 15 heavy (non-hydrogen) atoms. The van der Waals surface area contributed by atoms with Gasteiger partial charge in [-0.3, -0.25) is 10.1 Å². The molecule has 0 N–H and O–H groups in total. The number of rotatable bonds is 4. The van der Waals surface area contributed by atoms with Crippen LogP contribution in [0.2, 0.25) is 0 Å². The van der Waals surface area contributed by atoms with Gasteiger partial charge in [0.05, 0.1) is 11.5 Å². The van der Waals surface area contributed by atoms with Crippen molar-refractivity contribution < 1.29 is 9.66 Å².